The van der Waals surface area contributed by atoms with Crippen LogP contribution in [0.5, 0.6) is 5.75 Å². The molecule has 1 aliphatic rings. The molecule has 0 bridgehead atoms. The number of rotatable bonds is 8. The number of nitrogens with zero attached hydrogens (tertiary/aromatic N) is 2. The Balaban J connectivity index is 1.63. The van der Waals surface area contributed by atoms with Gasteiger partial charge in [-0.25, -0.2) is 8.42 Å². The van der Waals surface area contributed by atoms with Crippen LogP contribution in [0.15, 0.2) is 48.5 Å². The topological polar surface area (TPSA) is 84.0 Å². The van der Waals surface area contributed by atoms with E-state index in [0.717, 1.165) is 18.1 Å². The average Bonchev–Trinajstić information content (AvgIpc) is 2.77. The largest absolute Gasteiger partial charge is 0.435 e. The van der Waals surface area contributed by atoms with E-state index in [1.54, 1.807) is 29.2 Å². The van der Waals surface area contributed by atoms with Gasteiger partial charge in [-0.3, -0.25) is 9.59 Å². The lowest BCUT2D eigenvalue weighted by Gasteiger charge is -2.37. The van der Waals surface area contributed by atoms with Gasteiger partial charge in [0, 0.05) is 36.8 Å². The molecule has 1 aliphatic heterocycles. The quantitative estimate of drug-likeness (QED) is 0.558. The number of benzene rings is 2. The number of alkyl halides is 2. The first kappa shape index (κ1) is 23.8. The minimum atomic E-state index is -3.50. The number of sulfonamides is 1. The van der Waals surface area contributed by atoms with Gasteiger partial charge in [-0.2, -0.15) is 13.1 Å². The molecule has 1 fully saturated rings. The standard InChI is InChI=1S/C22H24F2N2O5S/c1-32(29,30)26(14-16-2-4-17(15-27)5-3-16)19-10-12-25(13-11-19)21(28)18-6-8-20(9-7-18)31-22(23)24/h2-9,15,19,22H,10-14H2,1H3. The van der Waals surface area contributed by atoms with Crippen LogP contribution in [0.2, 0.25) is 0 Å². The molecule has 172 valence electrons. The number of halogens is 2. The zero-order chi connectivity index (χ0) is 23.3. The predicted octanol–water partition coefficient (Wildman–Crippen LogP) is 3.17. The normalized spacial score (nSPS) is 15.2. The van der Waals surface area contributed by atoms with Crippen LogP contribution in [0.3, 0.4) is 0 Å². The molecule has 0 radical (unpaired) electrons. The molecular weight excluding hydrogens is 442 g/mol. The van der Waals surface area contributed by atoms with Gasteiger partial charge in [0.2, 0.25) is 10.0 Å². The summed E-state index contributed by atoms with van der Waals surface area (Å²) in [5, 5.41) is 0. The molecule has 7 nitrogen and oxygen atoms in total. The maximum atomic E-state index is 12.7. The average molecular weight is 467 g/mol. The van der Waals surface area contributed by atoms with Gasteiger partial charge in [0.25, 0.3) is 5.91 Å². The fourth-order valence-electron chi connectivity index (χ4n) is 3.72. The number of likely N-dealkylation sites (tertiary alicyclic amines) is 1. The first-order valence-corrected chi connectivity index (χ1v) is 11.9. The lowest BCUT2D eigenvalue weighted by Crippen LogP contribution is -2.48. The predicted molar refractivity (Wildman–Crippen MR) is 114 cm³/mol. The van der Waals surface area contributed by atoms with E-state index in [1.807, 2.05) is 0 Å². The lowest BCUT2D eigenvalue weighted by atomic mass is 10.0. The van der Waals surface area contributed by atoms with Crippen molar-refractivity contribution in [2.45, 2.75) is 32.0 Å². The number of carbonyl (C=O) groups excluding carboxylic acids is 2. The van der Waals surface area contributed by atoms with E-state index in [4.69, 9.17) is 0 Å². The van der Waals surface area contributed by atoms with Crippen molar-refractivity contribution in [2.24, 2.45) is 0 Å². The molecule has 0 N–H and O–H groups in total. The van der Waals surface area contributed by atoms with Gasteiger partial charge < -0.3 is 9.64 Å². The van der Waals surface area contributed by atoms with Gasteiger partial charge >= 0.3 is 6.61 Å². The van der Waals surface area contributed by atoms with E-state index < -0.39 is 16.6 Å². The summed E-state index contributed by atoms with van der Waals surface area (Å²) in [6.07, 6.45) is 2.83. The molecule has 0 saturated carbocycles. The second kappa shape index (κ2) is 10.2. The summed E-state index contributed by atoms with van der Waals surface area (Å²) in [6, 6.07) is 11.9. The van der Waals surface area contributed by atoms with Crippen LogP contribution >= 0.6 is 0 Å². The Morgan fingerprint density at radius 2 is 1.72 bits per heavy atom. The maximum absolute atomic E-state index is 12.7. The third-order valence-electron chi connectivity index (χ3n) is 5.37. The monoisotopic (exact) mass is 466 g/mol. The molecule has 2 aromatic carbocycles. The lowest BCUT2D eigenvalue weighted by molar-refractivity contribution is -0.0498. The van der Waals surface area contributed by atoms with Crippen molar-refractivity contribution in [1.29, 1.82) is 0 Å². The van der Waals surface area contributed by atoms with Crippen LogP contribution in [-0.4, -0.2) is 61.8 Å². The van der Waals surface area contributed by atoms with Crippen LogP contribution in [0.25, 0.3) is 0 Å². The summed E-state index contributed by atoms with van der Waals surface area (Å²) >= 11 is 0. The van der Waals surface area contributed by atoms with Crippen molar-refractivity contribution < 1.29 is 31.5 Å². The summed E-state index contributed by atoms with van der Waals surface area (Å²) in [5.41, 5.74) is 1.63. The van der Waals surface area contributed by atoms with Gasteiger partial charge in [-0.15, -0.1) is 0 Å². The summed E-state index contributed by atoms with van der Waals surface area (Å²) in [7, 11) is -3.50. The molecule has 1 amide bonds. The molecule has 10 heteroatoms. The van der Waals surface area contributed by atoms with E-state index in [1.165, 1.54) is 28.6 Å². The highest BCUT2D eigenvalue weighted by molar-refractivity contribution is 7.88. The minimum Gasteiger partial charge on any atom is -0.435 e. The highest BCUT2D eigenvalue weighted by Gasteiger charge is 2.32. The number of ether oxygens (including phenoxy) is 1. The first-order chi connectivity index (χ1) is 15.2. The molecular formula is C22H24F2N2O5S. The molecule has 3 rings (SSSR count). The smallest absolute Gasteiger partial charge is 0.387 e. The Hall–Kier alpha value is -2.85. The van der Waals surface area contributed by atoms with Crippen molar-refractivity contribution in [3.05, 3.63) is 65.2 Å². The van der Waals surface area contributed by atoms with E-state index in [0.29, 0.717) is 37.1 Å². The van der Waals surface area contributed by atoms with Crippen LogP contribution in [0.1, 0.15) is 39.1 Å². The summed E-state index contributed by atoms with van der Waals surface area (Å²) in [4.78, 5) is 25.2. The number of piperidine rings is 1. The highest BCUT2D eigenvalue weighted by Crippen LogP contribution is 2.24. The molecule has 1 saturated heterocycles. The van der Waals surface area contributed by atoms with E-state index in [2.05, 4.69) is 4.74 Å². The van der Waals surface area contributed by atoms with E-state index in [-0.39, 0.29) is 24.2 Å². The van der Waals surface area contributed by atoms with Crippen molar-refractivity contribution in [2.75, 3.05) is 19.3 Å². The molecule has 2 aromatic rings. The first-order valence-electron chi connectivity index (χ1n) is 10.0. The molecule has 1 heterocycles. The Morgan fingerprint density at radius 3 is 2.22 bits per heavy atom. The molecule has 0 unspecified atom stereocenters. The van der Waals surface area contributed by atoms with Crippen LogP contribution in [0.4, 0.5) is 8.78 Å². The van der Waals surface area contributed by atoms with Crippen LogP contribution < -0.4 is 4.74 Å². The Labute approximate surface area is 185 Å². The van der Waals surface area contributed by atoms with Crippen molar-refractivity contribution in [1.82, 2.24) is 9.21 Å². The van der Waals surface area contributed by atoms with Crippen molar-refractivity contribution in [3.63, 3.8) is 0 Å². The number of hydrogen-bond acceptors (Lipinski definition) is 5. The van der Waals surface area contributed by atoms with Crippen molar-refractivity contribution >= 4 is 22.2 Å². The molecule has 0 aliphatic carbocycles. The Morgan fingerprint density at radius 1 is 1.12 bits per heavy atom. The van der Waals surface area contributed by atoms with Gasteiger partial charge in [-0.1, -0.05) is 24.3 Å². The molecule has 32 heavy (non-hydrogen) atoms. The summed E-state index contributed by atoms with van der Waals surface area (Å²) in [5.74, 6) is -0.275. The van der Waals surface area contributed by atoms with Crippen LogP contribution in [-0.2, 0) is 16.6 Å². The zero-order valence-corrected chi connectivity index (χ0v) is 18.3. The highest BCUT2D eigenvalue weighted by atomic mass is 32.2. The second-order valence-electron chi connectivity index (χ2n) is 7.59. The summed E-state index contributed by atoms with van der Waals surface area (Å²) < 4.78 is 55.1. The van der Waals surface area contributed by atoms with E-state index in [9.17, 15) is 26.8 Å². The van der Waals surface area contributed by atoms with Crippen molar-refractivity contribution in [3.8, 4) is 5.75 Å². The number of aldehydes is 1. The maximum Gasteiger partial charge on any atom is 0.387 e. The minimum absolute atomic E-state index is 0.0276. The number of hydrogen-bond donors (Lipinski definition) is 0. The van der Waals surface area contributed by atoms with Gasteiger partial charge in [0.15, 0.2) is 0 Å². The Kier molecular flexibility index (Phi) is 7.57. The van der Waals surface area contributed by atoms with Crippen LogP contribution in [0, 0.1) is 0 Å². The molecule has 0 aromatic heterocycles. The van der Waals surface area contributed by atoms with Gasteiger partial charge in [0.1, 0.15) is 12.0 Å². The SMILES string of the molecule is CS(=O)(=O)N(Cc1ccc(C=O)cc1)C1CCN(C(=O)c2ccc(OC(F)F)cc2)CC1. The zero-order valence-electron chi connectivity index (χ0n) is 17.5. The van der Waals surface area contributed by atoms with Gasteiger partial charge in [0.05, 0.1) is 6.26 Å². The Bertz CT molecular complexity index is 1030. The van der Waals surface area contributed by atoms with E-state index >= 15 is 0 Å². The van der Waals surface area contributed by atoms with Gasteiger partial charge in [-0.05, 0) is 42.7 Å². The third-order valence-corrected chi connectivity index (χ3v) is 6.64. The number of amides is 1. The fourth-order valence-corrected chi connectivity index (χ4v) is 4.85. The summed E-state index contributed by atoms with van der Waals surface area (Å²) in [6.45, 7) is -2.01. The fraction of sp³-hybridized carbons (Fsp3) is 0.364. The number of carbonyl (C=O) groups is 2. The second-order valence-corrected chi connectivity index (χ2v) is 9.53. The molecule has 0 spiro atoms. The molecule has 0 atom stereocenters. The third kappa shape index (κ3) is 6.10.